The number of ether oxygens (including phenoxy) is 2. The summed E-state index contributed by atoms with van der Waals surface area (Å²) in [5.41, 5.74) is 1.27. The molecule has 118 valence electrons. The zero-order valence-corrected chi connectivity index (χ0v) is 13.0. The van der Waals surface area contributed by atoms with Gasteiger partial charge in [-0.25, -0.2) is 0 Å². The first-order valence-corrected chi connectivity index (χ1v) is 7.94. The first-order chi connectivity index (χ1) is 10.4. The molecule has 1 aliphatic carbocycles. The van der Waals surface area contributed by atoms with E-state index in [1.807, 2.05) is 6.07 Å². The van der Waals surface area contributed by atoms with E-state index in [4.69, 9.17) is 9.47 Å². The lowest BCUT2D eigenvalue weighted by Gasteiger charge is -2.35. The van der Waals surface area contributed by atoms with E-state index in [1.54, 1.807) is 7.11 Å². The van der Waals surface area contributed by atoms with Crippen molar-refractivity contribution in [3.8, 4) is 0 Å². The van der Waals surface area contributed by atoms with Crippen molar-refractivity contribution in [1.29, 1.82) is 0 Å². The Hall–Kier alpha value is -0.940. The van der Waals surface area contributed by atoms with Gasteiger partial charge in [-0.1, -0.05) is 30.3 Å². The Morgan fingerprint density at radius 2 is 1.81 bits per heavy atom. The van der Waals surface area contributed by atoms with Crippen LogP contribution in [0.4, 0.5) is 0 Å². The smallest absolute Gasteiger partial charge is 0.0720 e. The molecule has 4 nitrogen and oxygen atoms in total. The standard InChI is InChI=1S/C17H28N2O2/c1-20-10-9-18-7-8-19-13-16-11-17(12-16)21-14-15-5-3-2-4-6-15/h2-6,16-19H,7-14H2,1H3. The van der Waals surface area contributed by atoms with Gasteiger partial charge >= 0.3 is 0 Å². The summed E-state index contributed by atoms with van der Waals surface area (Å²) in [6, 6.07) is 10.4. The SMILES string of the molecule is COCCNCCNCC1CC(OCc2ccccc2)C1. The largest absolute Gasteiger partial charge is 0.383 e. The second kappa shape index (κ2) is 9.90. The monoisotopic (exact) mass is 292 g/mol. The van der Waals surface area contributed by atoms with Gasteiger partial charge in [0.15, 0.2) is 0 Å². The highest BCUT2D eigenvalue weighted by Crippen LogP contribution is 2.30. The molecule has 1 aromatic carbocycles. The van der Waals surface area contributed by atoms with Crippen LogP contribution in [0.2, 0.25) is 0 Å². The Kier molecular flexibility index (Phi) is 7.75. The third kappa shape index (κ3) is 6.57. The summed E-state index contributed by atoms with van der Waals surface area (Å²) in [6.07, 6.45) is 2.84. The summed E-state index contributed by atoms with van der Waals surface area (Å²) in [6.45, 7) is 5.59. The molecule has 0 aliphatic heterocycles. The summed E-state index contributed by atoms with van der Waals surface area (Å²) in [7, 11) is 1.73. The van der Waals surface area contributed by atoms with E-state index in [2.05, 4.69) is 34.9 Å². The molecule has 0 saturated heterocycles. The topological polar surface area (TPSA) is 42.5 Å². The second-order valence-corrected chi connectivity index (χ2v) is 5.70. The molecule has 2 N–H and O–H groups in total. The number of benzene rings is 1. The highest BCUT2D eigenvalue weighted by atomic mass is 16.5. The van der Waals surface area contributed by atoms with Gasteiger partial charge in [0.1, 0.15) is 0 Å². The second-order valence-electron chi connectivity index (χ2n) is 5.70. The Morgan fingerprint density at radius 3 is 2.57 bits per heavy atom. The highest BCUT2D eigenvalue weighted by molar-refractivity contribution is 5.13. The van der Waals surface area contributed by atoms with Crippen LogP contribution in [0.5, 0.6) is 0 Å². The Labute approximate surface area is 128 Å². The van der Waals surface area contributed by atoms with Crippen molar-refractivity contribution in [3.05, 3.63) is 35.9 Å². The van der Waals surface area contributed by atoms with E-state index in [0.29, 0.717) is 6.10 Å². The van der Waals surface area contributed by atoms with Crippen molar-refractivity contribution in [2.24, 2.45) is 5.92 Å². The van der Waals surface area contributed by atoms with E-state index in [0.717, 1.165) is 45.3 Å². The minimum absolute atomic E-state index is 0.455. The third-order valence-corrected chi connectivity index (χ3v) is 3.92. The molecule has 0 atom stereocenters. The lowest BCUT2D eigenvalue weighted by atomic mass is 9.82. The zero-order chi connectivity index (χ0) is 14.8. The van der Waals surface area contributed by atoms with E-state index < -0.39 is 0 Å². The van der Waals surface area contributed by atoms with Crippen LogP contribution in [0.1, 0.15) is 18.4 Å². The molecule has 0 aromatic heterocycles. The molecule has 1 aliphatic rings. The van der Waals surface area contributed by atoms with Crippen LogP contribution < -0.4 is 10.6 Å². The fourth-order valence-corrected chi connectivity index (χ4v) is 2.55. The molecule has 0 heterocycles. The van der Waals surface area contributed by atoms with Gasteiger partial charge < -0.3 is 20.1 Å². The summed E-state index contributed by atoms with van der Waals surface area (Å²) in [4.78, 5) is 0. The van der Waals surface area contributed by atoms with Crippen LogP contribution in [0.15, 0.2) is 30.3 Å². The van der Waals surface area contributed by atoms with Gasteiger partial charge in [0.05, 0.1) is 19.3 Å². The molecule has 0 amide bonds. The van der Waals surface area contributed by atoms with Crippen molar-refractivity contribution >= 4 is 0 Å². The average Bonchev–Trinajstić information content (AvgIpc) is 2.48. The molecule has 0 unspecified atom stereocenters. The van der Waals surface area contributed by atoms with Crippen molar-refractivity contribution < 1.29 is 9.47 Å². The predicted molar refractivity (Wildman–Crippen MR) is 85.4 cm³/mol. The lowest BCUT2D eigenvalue weighted by molar-refractivity contribution is -0.0394. The highest BCUT2D eigenvalue weighted by Gasteiger charge is 2.29. The maximum Gasteiger partial charge on any atom is 0.0720 e. The molecule has 1 fully saturated rings. The van der Waals surface area contributed by atoms with E-state index in [-0.39, 0.29) is 0 Å². The summed E-state index contributed by atoms with van der Waals surface area (Å²) in [5.74, 6) is 0.782. The summed E-state index contributed by atoms with van der Waals surface area (Å²) < 4.78 is 10.9. The van der Waals surface area contributed by atoms with Gasteiger partial charge in [0, 0.05) is 26.7 Å². The molecule has 0 bridgehead atoms. The Bertz CT molecular complexity index is 366. The molecule has 21 heavy (non-hydrogen) atoms. The normalized spacial score (nSPS) is 21.2. The van der Waals surface area contributed by atoms with Crippen molar-refractivity contribution in [2.75, 3.05) is 39.9 Å². The maximum absolute atomic E-state index is 5.91. The number of nitrogens with one attached hydrogen (secondary N) is 2. The van der Waals surface area contributed by atoms with Crippen LogP contribution in [-0.4, -0.2) is 46.0 Å². The van der Waals surface area contributed by atoms with Gasteiger partial charge in [-0.15, -0.1) is 0 Å². The van der Waals surface area contributed by atoms with Crippen LogP contribution in [0.25, 0.3) is 0 Å². The lowest BCUT2D eigenvalue weighted by Crippen LogP contribution is -2.39. The van der Waals surface area contributed by atoms with Crippen LogP contribution in [0.3, 0.4) is 0 Å². The number of hydrogen-bond donors (Lipinski definition) is 2. The molecular formula is C17H28N2O2. The Morgan fingerprint density at radius 1 is 1.05 bits per heavy atom. The quantitative estimate of drug-likeness (QED) is 0.611. The van der Waals surface area contributed by atoms with Crippen LogP contribution >= 0.6 is 0 Å². The molecule has 2 rings (SSSR count). The molecule has 4 heteroatoms. The predicted octanol–water partition coefficient (Wildman–Crippen LogP) is 1.81. The van der Waals surface area contributed by atoms with Crippen molar-refractivity contribution in [1.82, 2.24) is 10.6 Å². The number of methoxy groups -OCH3 is 1. The zero-order valence-electron chi connectivity index (χ0n) is 13.0. The molecule has 0 spiro atoms. The van der Waals surface area contributed by atoms with Crippen molar-refractivity contribution in [3.63, 3.8) is 0 Å². The Balaban J connectivity index is 1.41. The summed E-state index contributed by atoms with van der Waals surface area (Å²) in [5, 5.41) is 6.83. The van der Waals surface area contributed by atoms with Gasteiger partial charge in [-0.3, -0.25) is 0 Å². The van der Waals surface area contributed by atoms with Gasteiger partial charge in [-0.05, 0) is 30.9 Å². The molecular weight excluding hydrogens is 264 g/mol. The molecule has 1 saturated carbocycles. The minimum Gasteiger partial charge on any atom is -0.383 e. The molecule has 1 aromatic rings. The minimum atomic E-state index is 0.455. The first-order valence-electron chi connectivity index (χ1n) is 7.94. The van der Waals surface area contributed by atoms with Gasteiger partial charge in [0.2, 0.25) is 0 Å². The van der Waals surface area contributed by atoms with Crippen LogP contribution in [0, 0.1) is 5.92 Å². The number of rotatable bonds is 11. The first kappa shape index (κ1) is 16.4. The third-order valence-electron chi connectivity index (χ3n) is 3.92. The van der Waals surface area contributed by atoms with Crippen molar-refractivity contribution in [2.45, 2.75) is 25.6 Å². The fraction of sp³-hybridized carbons (Fsp3) is 0.647. The summed E-state index contributed by atoms with van der Waals surface area (Å²) >= 11 is 0. The maximum atomic E-state index is 5.91. The van der Waals surface area contributed by atoms with E-state index in [9.17, 15) is 0 Å². The van der Waals surface area contributed by atoms with E-state index in [1.165, 1.54) is 18.4 Å². The number of hydrogen-bond acceptors (Lipinski definition) is 4. The van der Waals surface area contributed by atoms with E-state index >= 15 is 0 Å². The molecule has 0 radical (unpaired) electrons. The average molecular weight is 292 g/mol. The van der Waals surface area contributed by atoms with Crippen LogP contribution in [-0.2, 0) is 16.1 Å². The van der Waals surface area contributed by atoms with Gasteiger partial charge in [0.25, 0.3) is 0 Å². The fourth-order valence-electron chi connectivity index (χ4n) is 2.55. The van der Waals surface area contributed by atoms with Gasteiger partial charge in [-0.2, -0.15) is 0 Å².